The van der Waals surface area contributed by atoms with Crippen molar-refractivity contribution in [1.82, 2.24) is 9.78 Å². The van der Waals surface area contributed by atoms with Crippen molar-refractivity contribution in [2.45, 2.75) is 31.0 Å². The molecule has 5 nitrogen and oxygen atoms in total. The van der Waals surface area contributed by atoms with Crippen LogP contribution in [0.5, 0.6) is 0 Å². The molecule has 8 heteroatoms. The van der Waals surface area contributed by atoms with Gasteiger partial charge in [0.05, 0.1) is 21.6 Å². The van der Waals surface area contributed by atoms with E-state index in [0.29, 0.717) is 22.4 Å². The topological polar surface area (TPSA) is 78.0 Å². The molecule has 114 valence electrons. The summed E-state index contributed by atoms with van der Waals surface area (Å²) < 4.78 is 40.9. The summed E-state index contributed by atoms with van der Waals surface area (Å²) in [6, 6.07) is 3.56. The van der Waals surface area contributed by atoms with Crippen LogP contribution in [0.25, 0.3) is 0 Å². The van der Waals surface area contributed by atoms with Crippen LogP contribution in [0.3, 0.4) is 0 Å². The Balaban J connectivity index is 2.47. The van der Waals surface area contributed by atoms with E-state index in [9.17, 15) is 12.8 Å². The molecule has 0 aliphatic heterocycles. The molecule has 0 atom stereocenters. The Hall–Kier alpha value is -1.41. The smallest absolute Gasteiger partial charge is 0.186 e. The predicted octanol–water partition coefficient (Wildman–Crippen LogP) is 2.67. The predicted molar refractivity (Wildman–Crippen MR) is 82.0 cm³/mol. The second-order valence-corrected chi connectivity index (χ2v) is 7.36. The average molecular weight is 376 g/mol. The van der Waals surface area contributed by atoms with Crippen LogP contribution in [0.15, 0.2) is 27.6 Å². The van der Waals surface area contributed by atoms with Crippen LogP contribution in [0.1, 0.15) is 18.3 Å². The Kier molecular flexibility index (Phi) is 4.38. The van der Waals surface area contributed by atoms with Crippen LogP contribution in [0, 0.1) is 12.7 Å². The summed E-state index contributed by atoms with van der Waals surface area (Å²) in [5.41, 5.74) is 6.82. The summed E-state index contributed by atoms with van der Waals surface area (Å²) in [7, 11) is -3.82. The van der Waals surface area contributed by atoms with Crippen molar-refractivity contribution >= 4 is 31.5 Å². The van der Waals surface area contributed by atoms with Crippen molar-refractivity contribution in [1.29, 1.82) is 0 Å². The monoisotopic (exact) mass is 375 g/mol. The minimum absolute atomic E-state index is 0.182. The fourth-order valence-corrected chi connectivity index (χ4v) is 4.08. The molecule has 0 radical (unpaired) electrons. The number of aromatic nitrogens is 2. The number of nitrogens with two attached hydrogens (primary N) is 1. The maximum atomic E-state index is 13.8. The van der Waals surface area contributed by atoms with E-state index in [1.807, 2.05) is 6.92 Å². The van der Waals surface area contributed by atoms with Crippen LogP contribution < -0.4 is 5.73 Å². The fourth-order valence-electron chi connectivity index (χ4n) is 2.03. The van der Waals surface area contributed by atoms with E-state index < -0.39 is 15.7 Å². The SMILES string of the molecule is CCn1nc(C)c(Br)c1CS(=O)(=O)c1ccc(N)cc1F. The Morgan fingerprint density at radius 1 is 1.43 bits per heavy atom. The Labute approximate surface area is 131 Å². The molecule has 0 amide bonds. The Bertz CT molecular complexity index is 787. The first-order valence-corrected chi connectivity index (χ1v) is 8.70. The number of nitrogens with zero attached hydrogens (tertiary/aromatic N) is 2. The minimum atomic E-state index is -3.82. The lowest BCUT2D eigenvalue weighted by Gasteiger charge is -2.08. The molecule has 2 N–H and O–H groups in total. The van der Waals surface area contributed by atoms with E-state index >= 15 is 0 Å². The zero-order chi connectivity index (χ0) is 15.8. The number of hydrogen-bond acceptors (Lipinski definition) is 4. The van der Waals surface area contributed by atoms with Gasteiger partial charge in [0.15, 0.2) is 9.84 Å². The van der Waals surface area contributed by atoms with Gasteiger partial charge in [-0.25, -0.2) is 12.8 Å². The van der Waals surface area contributed by atoms with Gasteiger partial charge in [-0.05, 0) is 48.0 Å². The van der Waals surface area contributed by atoms with Crippen LogP contribution >= 0.6 is 15.9 Å². The molecular formula is C13H15BrFN3O2S. The molecular weight excluding hydrogens is 361 g/mol. The lowest BCUT2D eigenvalue weighted by Crippen LogP contribution is -2.12. The van der Waals surface area contributed by atoms with Crippen LogP contribution in [0.2, 0.25) is 0 Å². The van der Waals surface area contributed by atoms with Gasteiger partial charge in [-0.15, -0.1) is 0 Å². The number of halogens is 2. The lowest BCUT2D eigenvalue weighted by molar-refractivity contribution is 0.562. The third-order valence-electron chi connectivity index (χ3n) is 3.07. The highest BCUT2D eigenvalue weighted by Crippen LogP contribution is 2.27. The van der Waals surface area contributed by atoms with Gasteiger partial charge < -0.3 is 5.73 Å². The van der Waals surface area contributed by atoms with Crippen LogP contribution in [0.4, 0.5) is 10.1 Å². The molecule has 0 bridgehead atoms. The van der Waals surface area contributed by atoms with E-state index in [4.69, 9.17) is 5.73 Å². The first-order chi connectivity index (χ1) is 9.76. The molecule has 1 aromatic heterocycles. The molecule has 21 heavy (non-hydrogen) atoms. The molecule has 0 saturated heterocycles. The van der Waals surface area contributed by atoms with Crippen LogP contribution in [-0.2, 0) is 22.1 Å². The molecule has 1 aromatic carbocycles. The maximum Gasteiger partial charge on any atom is 0.186 e. The van der Waals surface area contributed by atoms with Crippen molar-refractivity contribution in [3.8, 4) is 0 Å². The van der Waals surface area contributed by atoms with Crippen molar-refractivity contribution in [2.24, 2.45) is 0 Å². The third kappa shape index (κ3) is 3.11. The Morgan fingerprint density at radius 3 is 2.67 bits per heavy atom. The van der Waals surface area contributed by atoms with E-state index in [0.717, 1.165) is 6.07 Å². The summed E-state index contributed by atoms with van der Waals surface area (Å²) >= 11 is 3.34. The molecule has 0 saturated carbocycles. The fraction of sp³-hybridized carbons (Fsp3) is 0.308. The molecule has 2 aromatic rings. The average Bonchev–Trinajstić information content (AvgIpc) is 2.65. The van der Waals surface area contributed by atoms with Gasteiger partial charge in [0.25, 0.3) is 0 Å². The van der Waals surface area contributed by atoms with Gasteiger partial charge in [0.1, 0.15) is 10.7 Å². The first kappa shape index (κ1) is 16.0. The number of hydrogen-bond donors (Lipinski definition) is 1. The number of rotatable bonds is 4. The van der Waals surface area contributed by atoms with Crippen molar-refractivity contribution in [3.63, 3.8) is 0 Å². The number of sulfone groups is 1. The maximum absolute atomic E-state index is 13.8. The van der Waals surface area contributed by atoms with E-state index in [1.54, 1.807) is 11.6 Å². The molecule has 0 aliphatic rings. The lowest BCUT2D eigenvalue weighted by atomic mass is 10.3. The second kappa shape index (κ2) is 5.76. The zero-order valence-corrected chi connectivity index (χ0v) is 14.0. The third-order valence-corrected chi connectivity index (χ3v) is 5.76. The summed E-state index contributed by atoms with van der Waals surface area (Å²) in [5.74, 6) is -1.17. The zero-order valence-electron chi connectivity index (χ0n) is 11.6. The highest BCUT2D eigenvalue weighted by atomic mass is 79.9. The van der Waals surface area contributed by atoms with Crippen LogP contribution in [-0.4, -0.2) is 18.2 Å². The quantitative estimate of drug-likeness (QED) is 0.833. The minimum Gasteiger partial charge on any atom is -0.399 e. The number of benzene rings is 1. The number of aryl methyl sites for hydroxylation is 2. The molecule has 0 fully saturated rings. The molecule has 0 unspecified atom stereocenters. The molecule has 0 spiro atoms. The van der Waals surface area contributed by atoms with Gasteiger partial charge in [0.2, 0.25) is 0 Å². The summed E-state index contributed by atoms with van der Waals surface area (Å²) in [6.45, 7) is 4.16. The van der Waals surface area contributed by atoms with Gasteiger partial charge in [-0.2, -0.15) is 5.10 Å². The summed E-state index contributed by atoms with van der Waals surface area (Å²) in [6.07, 6.45) is 0. The van der Waals surface area contributed by atoms with Gasteiger partial charge in [-0.1, -0.05) is 0 Å². The normalized spacial score (nSPS) is 11.8. The molecule has 0 aliphatic carbocycles. The summed E-state index contributed by atoms with van der Waals surface area (Å²) in [5, 5.41) is 4.23. The van der Waals surface area contributed by atoms with E-state index in [-0.39, 0.29) is 16.3 Å². The summed E-state index contributed by atoms with van der Waals surface area (Å²) in [4.78, 5) is -0.356. The molecule has 1 heterocycles. The standard InChI is InChI=1S/C13H15BrFN3O2S/c1-3-18-11(13(14)8(2)17-18)7-21(19,20)12-5-4-9(16)6-10(12)15/h4-6H,3,7,16H2,1-2H3. The van der Waals surface area contributed by atoms with E-state index in [2.05, 4.69) is 21.0 Å². The van der Waals surface area contributed by atoms with Gasteiger partial charge in [0, 0.05) is 12.2 Å². The van der Waals surface area contributed by atoms with Crippen molar-refractivity contribution < 1.29 is 12.8 Å². The van der Waals surface area contributed by atoms with Gasteiger partial charge in [-0.3, -0.25) is 4.68 Å². The highest BCUT2D eigenvalue weighted by Gasteiger charge is 2.24. The van der Waals surface area contributed by atoms with Crippen molar-refractivity contribution in [2.75, 3.05) is 5.73 Å². The van der Waals surface area contributed by atoms with E-state index in [1.165, 1.54) is 12.1 Å². The molecule has 2 rings (SSSR count). The number of nitrogen functional groups attached to an aromatic ring is 1. The number of anilines is 1. The second-order valence-electron chi connectivity index (χ2n) is 4.61. The first-order valence-electron chi connectivity index (χ1n) is 6.25. The Morgan fingerprint density at radius 2 is 2.10 bits per heavy atom. The highest BCUT2D eigenvalue weighted by molar-refractivity contribution is 9.10. The largest absolute Gasteiger partial charge is 0.399 e. The van der Waals surface area contributed by atoms with Crippen molar-refractivity contribution in [3.05, 3.63) is 39.9 Å². The van der Waals surface area contributed by atoms with Gasteiger partial charge >= 0.3 is 0 Å².